The van der Waals surface area contributed by atoms with E-state index in [1.807, 2.05) is 30.3 Å². The molecule has 7 heteroatoms. The molecule has 1 amide bonds. The topological polar surface area (TPSA) is 85.5 Å². The van der Waals surface area contributed by atoms with Gasteiger partial charge in [-0.15, -0.1) is 0 Å². The Morgan fingerprint density at radius 3 is 2.64 bits per heavy atom. The number of anilines is 1. The third-order valence-electron chi connectivity index (χ3n) is 4.96. The van der Waals surface area contributed by atoms with Crippen molar-refractivity contribution in [1.29, 1.82) is 0 Å². The summed E-state index contributed by atoms with van der Waals surface area (Å²) in [4.78, 5) is 31.5. The van der Waals surface area contributed by atoms with E-state index in [0.717, 1.165) is 24.2 Å². The zero-order valence-corrected chi connectivity index (χ0v) is 16.0. The number of amides is 1. The second-order valence-corrected chi connectivity index (χ2v) is 7.10. The molecule has 3 aromatic rings. The zero-order valence-electron chi connectivity index (χ0n) is 16.0. The molecule has 1 fully saturated rings. The highest BCUT2D eigenvalue weighted by atomic mass is 16.5. The van der Waals surface area contributed by atoms with E-state index in [0.29, 0.717) is 28.3 Å². The van der Waals surface area contributed by atoms with Crippen molar-refractivity contribution in [1.82, 2.24) is 10.1 Å². The van der Waals surface area contributed by atoms with E-state index in [-0.39, 0.29) is 5.91 Å². The van der Waals surface area contributed by atoms with E-state index in [1.54, 1.807) is 27.0 Å². The first-order valence-corrected chi connectivity index (χ1v) is 9.26. The molecule has 4 rings (SSSR count). The lowest BCUT2D eigenvalue weighted by atomic mass is 10.1. The van der Waals surface area contributed by atoms with Crippen LogP contribution in [0.4, 0.5) is 5.69 Å². The van der Waals surface area contributed by atoms with Crippen molar-refractivity contribution < 1.29 is 18.8 Å². The van der Waals surface area contributed by atoms with Gasteiger partial charge in [0.05, 0.1) is 16.6 Å². The smallest absolute Gasteiger partial charge is 0.339 e. The normalized spacial score (nSPS) is 14.7. The van der Waals surface area contributed by atoms with Crippen molar-refractivity contribution in [2.75, 3.05) is 11.9 Å². The van der Waals surface area contributed by atoms with Gasteiger partial charge in [0.1, 0.15) is 0 Å². The minimum Gasteiger partial charge on any atom is -0.449 e. The van der Waals surface area contributed by atoms with Crippen LogP contribution in [-0.2, 0) is 9.53 Å². The first-order chi connectivity index (χ1) is 13.5. The number of rotatable bonds is 5. The Balaban J connectivity index is 1.58. The monoisotopic (exact) mass is 379 g/mol. The van der Waals surface area contributed by atoms with Gasteiger partial charge in [0.15, 0.2) is 6.10 Å². The number of hydrogen-bond donors (Lipinski definition) is 0. The van der Waals surface area contributed by atoms with Gasteiger partial charge in [-0.3, -0.25) is 4.79 Å². The molecule has 2 aromatic heterocycles. The van der Waals surface area contributed by atoms with E-state index in [4.69, 9.17) is 9.26 Å². The van der Waals surface area contributed by atoms with Crippen LogP contribution in [0.5, 0.6) is 0 Å². The molecule has 28 heavy (non-hydrogen) atoms. The lowest BCUT2D eigenvalue weighted by Gasteiger charge is -2.21. The van der Waals surface area contributed by atoms with Crippen LogP contribution in [0.25, 0.3) is 11.1 Å². The number of aryl methyl sites for hydroxylation is 1. The molecule has 0 radical (unpaired) electrons. The summed E-state index contributed by atoms with van der Waals surface area (Å²) in [6, 6.07) is 10.9. The fourth-order valence-corrected chi connectivity index (χ4v) is 3.19. The van der Waals surface area contributed by atoms with Crippen molar-refractivity contribution in [2.24, 2.45) is 0 Å². The second kappa shape index (κ2) is 7.07. The van der Waals surface area contributed by atoms with Crippen LogP contribution in [-0.4, -0.2) is 35.2 Å². The van der Waals surface area contributed by atoms with E-state index >= 15 is 0 Å². The highest BCUT2D eigenvalue weighted by Gasteiger charge is 2.30. The third kappa shape index (κ3) is 3.35. The molecular formula is C21H21N3O4. The highest BCUT2D eigenvalue weighted by molar-refractivity contribution is 6.05. The van der Waals surface area contributed by atoms with Crippen LogP contribution in [0.2, 0.25) is 0 Å². The second-order valence-electron chi connectivity index (χ2n) is 7.10. The van der Waals surface area contributed by atoms with Gasteiger partial charge in [-0.05, 0) is 44.9 Å². The lowest BCUT2D eigenvalue weighted by molar-refractivity contribution is -0.126. The number of likely N-dealkylation sites (N-methyl/N-ethyl adjacent to an activating group) is 1. The molecule has 1 atom stereocenters. The van der Waals surface area contributed by atoms with Gasteiger partial charge >= 0.3 is 5.97 Å². The molecule has 0 aliphatic heterocycles. The summed E-state index contributed by atoms with van der Waals surface area (Å²) < 4.78 is 10.8. The number of carbonyl (C=O) groups excluding carboxylic acids is 2. The molecule has 1 aliphatic carbocycles. The van der Waals surface area contributed by atoms with Gasteiger partial charge in [0.25, 0.3) is 11.6 Å². The van der Waals surface area contributed by atoms with E-state index in [9.17, 15) is 9.59 Å². The van der Waals surface area contributed by atoms with Crippen LogP contribution >= 0.6 is 0 Å². The predicted octanol–water partition coefficient (Wildman–Crippen LogP) is 3.62. The SMILES string of the molecule is Cc1noc2nc(C3CC3)cc(C(=O)O[C@H](C)C(=O)N(C)c3ccccc3)c12. The molecule has 0 saturated heterocycles. The molecule has 0 spiro atoms. The van der Waals surface area contributed by atoms with Gasteiger partial charge in [-0.1, -0.05) is 23.4 Å². The maximum absolute atomic E-state index is 12.9. The summed E-state index contributed by atoms with van der Waals surface area (Å²) in [5.74, 6) is -0.554. The molecule has 1 aliphatic rings. The largest absolute Gasteiger partial charge is 0.449 e. The average molecular weight is 379 g/mol. The van der Waals surface area contributed by atoms with Gasteiger partial charge < -0.3 is 14.2 Å². The molecule has 1 aromatic carbocycles. The summed E-state index contributed by atoms with van der Waals surface area (Å²) in [5.41, 5.74) is 2.77. The number of esters is 1. The summed E-state index contributed by atoms with van der Waals surface area (Å²) in [6.45, 7) is 3.32. The summed E-state index contributed by atoms with van der Waals surface area (Å²) in [7, 11) is 1.65. The zero-order chi connectivity index (χ0) is 19.8. The van der Waals surface area contributed by atoms with Crippen molar-refractivity contribution >= 4 is 28.7 Å². The van der Waals surface area contributed by atoms with Gasteiger partial charge in [0.2, 0.25) is 0 Å². The summed E-state index contributed by atoms with van der Waals surface area (Å²) in [6.07, 6.45) is 1.14. The van der Waals surface area contributed by atoms with Crippen LogP contribution in [0.15, 0.2) is 40.9 Å². The minimum atomic E-state index is -0.939. The number of hydrogen-bond acceptors (Lipinski definition) is 6. The Hall–Kier alpha value is -3.22. The Morgan fingerprint density at radius 2 is 1.96 bits per heavy atom. The van der Waals surface area contributed by atoms with Crippen LogP contribution in [0.1, 0.15) is 47.4 Å². The Bertz CT molecular complexity index is 1040. The molecule has 1 saturated carbocycles. The van der Waals surface area contributed by atoms with Gasteiger partial charge in [-0.25, -0.2) is 9.78 Å². The molecule has 2 heterocycles. The number of aromatic nitrogens is 2. The van der Waals surface area contributed by atoms with Crippen LogP contribution in [0, 0.1) is 6.92 Å². The summed E-state index contributed by atoms with van der Waals surface area (Å²) in [5, 5.41) is 4.45. The molecular weight excluding hydrogens is 358 g/mol. The fourth-order valence-electron chi connectivity index (χ4n) is 3.19. The standard InChI is InChI=1S/C21H21N3O4/c1-12-18-16(11-17(14-9-10-14)22-19(18)28-23-12)21(26)27-13(2)20(25)24(3)15-7-5-4-6-8-15/h4-8,11,13-14H,9-10H2,1-3H3/t13-/m1/s1. The quantitative estimate of drug-likeness (QED) is 0.630. The number of para-hydroxylation sites is 1. The van der Waals surface area contributed by atoms with E-state index in [2.05, 4.69) is 10.1 Å². The number of pyridine rings is 1. The fraction of sp³-hybridized carbons (Fsp3) is 0.333. The Labute approximate surface area is 162 Å². The lowest BCUT2D eigenvalue weighted by Crippen LogP contribution is -2.37. The first kappa shape index (κ1) is 18.2. The van der Waals surface area contributed by atoms with E-state index in [1.165, 1.54) is 4.90 Å². The van der Waals surface area contributed by atoms with Crippen molar-refractivity contribution in [3.05, 3.63) is 53.3 Å². The minimum absolute atomic E-state index is 0.311. The maximum atomic E-state index is 12.9. The number of nitrogens with zero attached hydrogens (tertiary/aromatic N) is 3. The molecule has 144 valence electrons. The Morgan fingerprint density at radius 1 is 1.25 bits per heavy atom. The van der Waals surface area contributed by atoms with E-state index < -0.39 is 12.1 Å². The number of fused-ring (bicyclic) bond motifs is 1. The van der Waals surface area contributed by atoms with Crippen molar-refractivity contribution in [2.45, 2.75) is 38.7 Å². The highest BCUT2D eigenvalue weighted by Crippen LogP contribution is 2.40. The number of ether oxygens (including phenoxy) is 1. The van der Waals surface area contributed by atoms with Crippen molar-refractivity contribution in [3.63, 3.8) is 0 Å². The van der Waals surface area contributed by atoms with Gasteiger partial charge in [0, 0.05) is 24.3 Å². The molecule has 0 bridgehead atoms. The van der Waals surface area contributed by atoms with Crippen LogP contribution < -0.4 is 4.90 Å². The maximum Gasteiger partial charge on any atom is 0.339 e. The molecule has 0 unspecified atom stereocenters. The van der Waals surface area contributed by atoms with Crippen LogP contribution in [0.3, 0.4) is 0 Å². The Kier molecular flexibility index (Phi) is 4.58. The first-order valence-electron chi connectivity index (χ1n) is 9.26. The van der Waals surface area contributed by atoms with Crippen molar-refractivity contribution in [3.8, 4) is 0 Å². The number of carbonyl (C=O) groups is 2. The number of benzene rings is 1. The summed E-state index contributed by atoms with van der Waals surface area (Å²) >= 11 is 0. The molecule has 7 nitrogen and oxygen atoms in total. The predicted molar refractivity (Wildman–Crippen MR) is 103 cm³/mol. The van der Waals surface area contributed by atoms with Gasteiger partial charge in [-0.2, -0.15) is 0 Å². The molecule has 0 N–H and O–H groups in total. The third-order valence-corrected chi connectivity index (χ3v) is 4.96. The average Bonchev–Trinajstić information content (AvgIpc) is 3.50.